The van der Waals surface area contributed by atoms with Crippen LogP contribution in [0.2, 0.25) is 16.6 Å². The number of carboxylic acid groups (broad SMARTS) is 1. The van der Waals surface area contributed by atoms with Gasteiger partial charge in [0.15, 0.2) is 5.76 Å². The molecule has 0 bridgehead atoms. The number of nitrogens with zero attached hydrogens (tertiary/aromatic N) is 1. The van der Waals surface area contributed by atoms with Gasteiger partial charge in [0.2, 0.25) is 0 Å². The number of carboxylic acids is 1. The first-order valence-corrected chi connectivity index (χ1v) is 13.2. The van der Waals surface area contributed by atoms with Crippen molar-refractivity contribution in [3.8, 4) is 17.0 Å². The molecule has 1 N–H and O–H groups in total. The molecule has 1 fully saturated rings. The van der Waals surface area contributed by atoms with E-state index >= 15 is 0 Å². The molecule has 29 heavy (non-hydrogen) atoms. The molecule has 1 saturated carbocycles. The highest BCUT2D eigenvalue weighted by atomic mass is 79.9. The molecule has 0 aliphatic heterocycles. The Hall–Kier alpha value is -1.60. The van der Waals surface area contributed by atoms with Crippen molar-refractivity contribution < 1.29 is 18.9 Å². The second kappa shape index (κ2) is 7.91. The maximum atomic E-state index is 11.6. The van der Waals surface area contributed by atoms with Gasteiger partial charge in [0.05, 0.1) is 4.47 Å². The van der Waals surface area contributed by atoms with Gasteiger partial charge >= 0.3 is 5.97 Å². The fourth-order valence-electron chi connectivity index (χ4n) is 4.66. The number of halogens is 1. The van der Waals surface area contributed by atoms with Crippen molar-refractivity contribution >= 4 is 30.2 Å². The summed E-state index contributed by atoms with van der Waals surface area (Å²) in [5, 5.41) is 13.7. The zero-order chi connectivity index (χ0) is 21.6. The molecule has 2 aromatic rings. The van der Waals surface area contributed by atoms with Gasteiger partial charge in [0.1, 0.15) is 16.9 Å². The summed E-state index contributed by atoms with van der Waals surface area (Å²) >= 11 is 3.51. The first kappa shape index (κ1) is 22.1. The van der Waals surface area contributed by atoms with Gasteiger partial charge in [-0.15, -0.1) is 0 Å². The topological polar surface area (TPSA) is 72.6 Å². The summed E-state index contributed by atoms with van der Waals surface area (Å²) < 4.78 is 12.8. The van der Waals surface area contributed by atoms with Gasteiger partial charge in [0, 0.05) is 5.56 Å². The average Bonchev–Trinajstić information content (AvgIpc) is 3.37. The molecule has 0 unspecified atom stereocenters. The summed E-state index contributed by atoms with van der Waals surface area (Å²) in [6.07, 6.45) is 1.16. The minimum absolute atomic E-state index is 0.408. The average molecular weight is 480 g/mol. The maximum absolute atomic E-state index is 11.6. The highest BCUT2D eigenvalue weighted by Gasteiger charge is 2.56. The first-order valence-electron chi connectivity index (χ1n) is 10.2. The molecule has 0 radical (unpaired) electrons. The number of benzene rings is 1. The number of aromatic nitrogens is 1. The Kier molecular flexibility index (Phi) is 6.02. The van der Waals surface area contributed by atoms with Crippen molar-refractivity contribution in [2.24, 2.45) is 0 Å². The second-order valence-corrected chi connectivity index (χ2v) is 15.2. The zero-order valence-electron chi connectivity index (χ0n) is 18.0. The third-order valence-corrected chi connectivity index (χ3v) is 13.1. The predicted molar refractivity (Wildman–Crippen MR) is 120 cm³/mol. The van der Waals surface area contributed by atoms with E-state index in [0.29, 0.717) is 45.4 Å². The summed E-state index contributed by atoms with van der Waals surface area (Å²) in [5.41, 5.74) is 2.07. The van der Waals surface area contributed by atoms with Crippen LogP contribution in [0.3, 0.4) is 0 Å². The number of aliphatic carboxylic acids is 1. The molecular weight excluding hydrogens is 450 g/mol. The summed E-state index contributed by atoms with van der Waals surface area (Å²) in [5.74, 6) is 0.425. The van der Waals surface area contributed by atoms with E-state index in [9.17, 15) is 9.90 Å². The quantitative estimate of drug-likeness (QED) is 0.422. The fraction of sp³-hybridized carbons (Fsp3) is 0.545. The lowest BCUT2D eigenvalue weighted by Crippen LogP contribution is -2.50. The Morgan fingerprint density at radius 2 is 1.62 bits per heavy atom. The van der Waals surface area contributed by atoms with Crippen molar-refractivity contribution in [2.75, 3.05) is 0 Å². The molecule has 0 spiro atoms. The van der Waals surface area contributed by atoms with Crippen molar-refractivity contribution in [1.29, 1.82) is 0 Å². The Balaban J connectivity index is 1.88. The summed E-state index contributed by atoms with van der Waals surface area (Å²) in [4.78, 5) is 11.6. The lowest BCUT2D eigenvalue weighted by atomic mass is 10.0. The third kappa shape index (κ3) is 3.67. The minimum atomic E-state index is -2.01. The maximum Gasteiger partial charge on any atom is 0.317 e. The molecule has 0 atom stereocenters. The largest absolute Gasteiger partial charge is 0.543 e. The Bertz CT molecular complexity index is 863. The standard InChI is InChI=1S/C22H30BrNO4Si/c1-13(2)29(14(3)4,15(5)6)28-17-9-7-16(8-10-17)19-18(23)20(27-24-19)22(11-12-22)21(25)26/h7-10,13-15H,11-12H2,1-6H3,(H,25,26). The van der Waals surface area contributed by atoms with E-state index in [-0.39, 0.29) is 0 Å². The molecule has 1 aliphatic rings. The molecule has 3 rings (SSSR count). The van der Waals surface area contributed by atoms with Crippen LogP contribution >= 0.6 is 15.9 Å². The van der Waals surface area contributed by atoms with Crippen LogP contribution in [0, 0.1) is 0 Å². The highest BCUT2D eigenvalue weighted by Crippen LogP contribution is 2.52. The van der Waals surface area contributed by atoms with Crippen LogP contribution in [0.25, 0.3) is 11.3 Å². The molecule has 5 nitrogen and oxygen atoms in total. The lowest BCUT2D eigenvalue weighted by molar-refractivity contribution is -0.140. The smallest absolute Gasteiger partial charge is 0.317 e. The van der Waals surface area contributed by atoms with E-state index in [2.05, 4.69) is 62.6 Å². The number of hydrogen-bond acceptors (Lipinski definition) is 4. The van der Waals surface area contributed by atoms with Gasteiger partial charge in [-0.25, -0.2) is 0 Å². The molecule has 1 aliphatic carbocycles. The van der Waals surface area contributed by atoms with Crippen molar-refractivity contribution in [3.05, 3.63) is 34.5 Å². The van der Waals surface area contributed by atoms with Gasteiger partial charge in [-0.1, -0.05) is 46.7 Å². The van der Waals surface area contributed by atoms with Crippen LogP contribution in [0.1, 0.15) is 60.1 Å². The van der Waals surface area contributed by atoms with Gasteiger partial charge in [-0.3, -0.25) is 4.79 Å². The van der Waals surface area contributed by atoms with Gasteiger partial charge in [0.25, 0.3) is 8.32 Å². The first-order chi connectivity index (χ1) is 13.6. The van der Waals surface area contributed by atoms with Crippen LogP contribution in [-0.2, 0) is 10.2 Å². The van der Waals surface area contributed by atoms with Crippen LogP contribution < -0.4 is 4.43 Å². The Morgan fingerprint density at radius 3 is 2.03 bits per heavy atom. The van der Waals surface area contributed by atoms with Crippen molar-refractivity contribution in [1.82, 2.24) is 5.16 Å². The van der Waals surface area contributed by atoms with Crippen LogP contribution in [-0.4, -0.2) is 24.5 Å². The number of hydrogen-bond donors (Lipinski definition) is 1. The molecule has 1 aromatic heterocycles. The second-order valence-electron chi connectivity index (χ2n) is 9.01. The number of carbonyl (C=O) groups is 1. The fourth-order valence-corrected chi connectivity index (χ4v) is 10.7. The molecule has 0 saturated heterocycles. The summed E-state index contributed by atoms with van der Waals surface area (Å²) in [7, 11) is -2.01. The summed E-state index contributed by atoms with van der Waals surface area (Å²) in [6.45, 7) is 13.6. The Labute approximate surface area is 182 Å². The van der Waals surface area contributed by atoms with Crippen molar-refractivity contribution in [3.63, 3.8) is 0 Å². The third-order valence-electron chi connectivity index (χ3n) is 6.36. The van der Waals surface area contributed by atoms with Gasteiger partial charge in [-0.05, 0) is 69.7 Å². The minimum Gasteiger partial charge on any atom is -0.543 e. The van der Waals surface area contributed by atoms with Crippen LogP contribution in [0.4, 0.5) is 0 Å². The predicted octanol–water partition coefficient (Wildman–Crippen LogP) is 6.77. The highest BCUT2D eigenvalue weighted by molar-refractivity contribution is 9.10. The molecular formula is C22H30BrNO4Si. The molecule has 1 aromatic carbocycles. The van der Waals surface area contributed by atoms with Gasteiger partial charge < -0.3 is 14.1 Å². The summed E-state index contributed by atoms with van der Waals surface area (Å²) in [6, 6.07) is 7.88. The molecule has 0 amide bonds. The lowest BCUT2D eigenvalue weighted by Gasteiger charge is -2.42. The monoisotopic (exact) mass is 479 g/mol. The van der Waals surface area contributed by atoms with Gasteiger partial charge in [-0.2, -0.15) is 0 Å². The zero-order valence-corrected chi connectivity index (χ0v) is 20.5. The molecule has 7 heteroatoms. The van der Waals surface area contributed by atoms with E-state index in [1.165, 1.54) is 0 Å². The Morgan fingerprint density at radius 1 is 1.10 bits per heavy atom. The van der Waals surface area contributed by atoms with E-state index in [1.54, 1.807) is 0 Å². The van der Waals surface area contributed by atoms with E-state index in [4.69, 9.17) is 8.95 Å². The van der Waals surface area contributed by atoms with Crippen LogP contribution in [0.15, 0.2) is 33.3 Å². The normalized spacial score (nSPS) is 15.9. The SMILES string of the molecule is CC(C)[Si](Oc1ccc(-c2noc(C3(C(=O)O)CC3)c2Br)cc1)(C(C)C)C(C)C. The molecule has 1 heterocycles. The molecule has 158 valence electrons. The van der Waals surface area contributed by atoms with Crippen LogP contribution in [0.5, 0.6) is 5.75 Å². The van der Waals surface area contributed by atoms with Crippen molar-refractivity contribution in [2.45, 2.75) is 76.4 Å². The van der Waals surface area contributed by atoms with E-state index < -0.39 is 19.7 Å². The number of rotatable bonds is 8. The van der Waals surface area contributed by atoms with E-state index in [1.807, 2.05) is 24.3 Å². The van der Waals surface area contributed by atoms with E-state index in [0.717, 1.165) is 11.3 Å².